The molecule has 0 bridgehead atoms. The number of carbonyl (C=O) groups excluding carboxylic acids is 1. The van der Waals surface area contributed by atoms with Crippen molar-refractivity contribution in [2.75, 3.05) is 0 Å². The smallest absolute Gasteiger partial charge is 0.308 e. The van der Waals surface area contributed by atoms with Gasteiger partial charge in [-0.2, -0.15) is 0 Å². The lowest BCUT2D eigenvalue weighted by Crippen LogP contribution is -2.45. The van der Waals surface area contributed by atoms with Crippen LogP contribution < -0.4 is 5.32 Å². The number of amidine groups is 1. The number of urea groups is 1. The van der Waals surface area contributed by atoms with E-state index >= 15 is 0 Å². The highest BCUT2D eigenvalue weighted by atomic mass is 16.2. The third-order valence-corrected chi connectivity index (χ3v) is 3.48. The van der Waals surface area contributed by atoms with Gasteiger partial charge in [-0.1, -0.05) is 37.3 Å². The molecule has 0 aromatic heterocycles. The number of hydrogen-bond acceptors (Lipinski definition) is 2. The van der Waals surface area contributed by atoms with Crippen LogP contribution in [-0.2, 0) is 6.54 Å². The Hall–Kier alpha value is -1.84. The molecule has 1 aromatic rings. The van der Waals surface area contributed by atoms with Gasteiger partial charge < -0.3 is 4.90 Å². The first kappa shape index (κ1) is 11.6. The van der Waals surface area contributed by atoms with Crippen LogP contribution in [0, 0.1) is 5.41 Å². The zero-order valence-corrected chi connectivity index (χ0v) is 10.2. The second kappa shape index (κ2) is 4.20. The lowest BCUT2D eigenvalue weighted by Gasteiger charge is -2.32. The third-order valence-electron chi connectivity index (χ3n) is 3.48. The number of nitrogens with one attached hydrogen (secondary N) is 2. The summed E-state index contributed by atoms with van der Waals surface area (Å²) in [4.78, 5) is 13.6. The van der Waals surface area contributed by atoms with Gasteiger partial charge in [-0.15, -0.1) is 0 Å². The summed E-state index contributed by atoms with van der Waals surface area (Å²) in [5.41, 5.74) is 0.574. The van der Waals surface area contributed by atoms with Gasteiger partial charge in [0.1, 0.15) is 5.84 Å². The highest BCUT2D eigenvalue weighted by Crippen LogP contribution is 2.27. The van der Waals surface area contributed by atoms with Gasteiger partial charge in [-0.05, 0) is 18.9 Å². The first-order valence-electron chi connectivity index (χ1n) is 5.79. The number of benzene rings is 1. The van der Waals surface area contributed by atoms with E-state index in [1.165, 1.54) is 0 Å². The summed E-state index contributed by atoms with van der Waals surface area (Å²) in [6.07, 6.45) is 0.734. The zero-order chi connectivity index (χ0) is 12.5. The highest BCUT2D eigenvalue weighted by Gasteiger charge is 2.44. The van der Waals surface area contributed by atoms with Gasteiger partial charge >= 0.3 is 6.03 Å². The maximum absolute atomic E-state index is 11.8. The van der Waals surface area contributed by atoms with Gasteiger partial charge in [0.2, 0.25) is 0 Å². The van der Waals surface area contributed by atoms with Crippen LogP contribution in [0.25, 0.3) is 0 Å². The van der Waals surface area contributed by atoms with Crippen molar-refractivity contribution in [1.82, 2.24) is 10.2 Å². The first-order valence-corrected chi connectivity index (χ1v) is 5.79. The summed E-state index contributed by atoms with van der Waals surface area (Å²) >= 11 is 0. The maximum atomic E-state index is 11.8. The SMILES string of the molecule is CCC1(C)C(=N)NC(=O)N1Cc1ccccc1. The molecule has 0 saturated carbocycles. The molecule has 0 radical (unpaired) electrons. The Morgan fingerprint density at radius 2 is 2.00 bits per heavy atom. The number of hydrogen-bond donors (Lipinski definition) is 2. The lowest BCUT2D eigenvalue weighted by molar-refractivity contribution is 0.173. The summed E-state index contributed by atoms with van der Waals surface area (Å²) in [6.45, 7) is 4.46. The zero-order valence-electron chi connectivity index (χ0n) is 10.2. The Bertz CT molecular complexity index is 443. The molecule has 17 heavy (non-hydrogen) atoms. The fourth-order valence-electron chi connectivity index (χ4n) is 2.05. The minimum atomic E-state index is -0.507. The van der Waals surface area contributed by atoms with E-state index in [-0.39, 0.29) is 6.03 Å². The van der Waals surface area contributed by atoms with Crippen molar-refractivity contribution in [2.24, 2.45) is 0 Å². The predicted octanol–water partition coefficient (Wildman–Crippen LogP) is 2.36. The van der Waals surface area contributed by atoms with Crippen molar-refractivity contribution in [2.45, 2.75) is 32.4 Å². The van der Waals surface area contributed by atoms with E-state index in [2.05, 4.69) is 5.32 Å². The Morgan fingerprint density at radius 3 is 2.59 bits per heavy atom. The standard InChI is InChI=1S/C13H17N3O/c1-3-13(2)11(14)15-12(17)16(13)9-10-7-5-4-6-8-10/h4-8H,3,9H2,1-2H3,(H2,14,15,17). The van der Waals surface area contributed by atoms with Crippen molar-refractivity contribution in [1.29, 1.82) is 5.41 Å². The minimum Gasteiger partial charge on any atom is -0.308 e. The average molecular weight is 231 g/mol. The van der Waals surface area contributed by atoms with Gasteiger partial charge in [-0.3, -0.25) is 10.7 Å². The second-order valence-electron chi connectivity index (χ2n) is 4.50. The van der Waals surface area contributed by atoms with E-state index in [1.54, 1.807) is 4.90 Å². The van der Waals surface area contributed by atoms with Crippen LogP contribution in [0.1, 0.15) is 25.8 Å². The Kier molecular flexibility index (Phi) is 2.88. The normalized spacial score (nSPS) is 24.0. The number of carbonyl (C=O) groups is 1. The Morgan fingerprint density at radius 1 is 1.35 bits per heavy atom. The van der Waals surface area contributed by atoms with Crippen LogP contribution in [-0.4, -0.2) is 22.3 Å². The molecule has 1 aliphatic heterocycles. The molecule has 90 valence electrons. The Labute approximate surface area is 101 Å². The summed E-state index contributed by atoms with van der Waals surface area (Å²) in [7, 11) is 0. The van der Waals surface area contributed by atoms with Crippen LogP contribution in [0.5, 0.6) is 0 Å². The maximum Gasteiger partial charge on any atom is 0.323 e. The fourth-order valence-corrected chi connectivity index (χ4v) is 2.05. The molecule has 2 rings (SSSR count). The molecule has 2 N–H and O–H groups in total. The summed E-state index contributed by atoms with van der Waals surface area (Å²) in [5, 5.41) is 10.5. The average Bonchev–Trinajstić information content (AvgIpc) is 2.55. The molecule has 1 saturated heterocycles. The fraction of sp³-hybridized carbons (Fsp3) is 0.385. The second-order valence-corrected chi connectivity index (χ2v) is 4.50. The van der Waals surface area contributed by atoms with Crippen LogP contribution in [0.15, 0.2) is 30.3 Å². The van der Waals surface area contributed by atoms with E-state index in [0.29, 0.717) is 12.4 Å². The number of amides is 2. The molecule has 1 heterocycles. The highest BCUT2D eigenvalue weighted by molar-refractivity contribution is 6.08. The van der Waals surface area contributed by atoms with E-state index in [4.69, 9.17) is 5.41 Å². The molecule has 2 amide bonds. The number of nitrogens with zero attached hydrogens (tertiary/aromatic N) is 1. The monoisotopic (exact) mass is 231 g/mol. The molecule has 1 aromatic carbocycles. The van der Waals surface area contributed by atoms with E-state index < -0.39 is 5.54 Å². The molecule has 0 spiro atoms. The van der Waals surface area contributed by atoms with E-state index in [0.717, 1.165) is 12.0 Å². The largest absolute Gasteiger partial charge is 0.323 e. The summed E-state index contributed by atoms with van der Waals surface area (Å²) in [5.74, 6) is 0.293. The van der Waals surface area contributed by atoms with Gasteiger partial charge in [0.05, 0.1) is 5.54 Å². The topological polar surface area (TPSA) is 56.2 Å². The molecule has 1 aliphatic rings. The lowest BCUT2D eigenvalue weighted by atomic mass is 9.96. The summed E-state index contributed by atoms with van der Waals surface area (Å²) in [6, 6.07) is 9.67. The molecule has 1 atom stereocenters. The summed E-state index contributed by atoms with van der Waals surface area (Å²) < 4.78 is 0. The van der Waals surface area contributed by atoms with Crippen molar-refractivity contribution in [3.8, 4) is 0 Å². The minimum absolute atomic E-state index is 0.178. The van der Waals surface area contributed by atoms with Crippen LogP contribution in [0.4, 0.5) is 4.79 Å². The van der Waals surface area contributed by atoms with Gasteiger partial charge in [-0.25, -0.2) is 4.79 Å². The van der Waals surface area contributed by atoms with E-state index in [1.807, 2.05) is 44.2 Å². The van der Waals surface area contributed by atoms with Gasteiger partial charge in [0, 0.05) is 6.54 Å². The van der Waals surface area contributed by atoms with Crippen molar-refractivity contribution >= 4 is 11.9 Å². The van der Waals surface area contributed by atoms with E-state index in [9.17, 15) is 4.79 Å². The molecule has 4 heteroatoms. The predicted molar refractivity (Wildman–Crippen MR) is 66.9 cm³/mol. The van der Waals surface area contributed by atoms with Gasteiger partial charge in [0.15, 0.2) is 0 Å². The van der Waals surface area contributed by atoms with Crippen molar-refractivity contribution in [3.63, 3.8) is 0 Å². The molecule has 1 unspecified atom stereocenters. The van der Waals surface area contributed by atoms with Crippen molar-refractivity contribution in [3.05, 3.63) is 35.9 Å². The van der Waals surface area contributed by atoms with Crippen molar-refractivity contribution < 1.29 is 4.79 Å². The van der Waals surface area contributed by atoms with Crippen LogP contribution in [0.3, 0.4) is 0 Å². The molecule has 0 aliphatic carbocycles. The Balaban J connectivity index is 2.25. The number of rotatable bonds is 3. The molecular formula is C13H17N3O. The molecule has 1 fully saturated rings. The first-order chi connectivity index (χ1) is 8.08. The van der Waals surface area contributed by atoms with Crippen LogP contribution >= 0.6 is 0 Å². The molecular weight excluding hydrogens is 214 g/mol. The molecule has 4 nitrogen and oxygen atoms in total. The van der Waals surface area contributed by atoms with Gasteiger partial charge in [0.25, 0.3) is 0 Å². The third kappa shape index (κ3) is 1.90. The van der Waals surface area contributed by atoms with Crippen LogP contribution in [0.2, 0.25) is 0 Å². The quantitative estimate of drug-likeness (QED) is 0.824.